The summed E-state index contributed by atoms with van der Waals surface area (Å²) < 4.78 is 10.9. The fourth-order valence-electron chi connectivity index (χ4n) is 2.03. The van der Waals surface area contributed by atoms with Gasteiger partial charge in [-0.3, -0.25) is 4.79 Å². The zero-order valence-electron chi connectivity index (χ0n) is 10.2. The Morgan fingerprint density at radius 1 is 1.32 bits per heavy atom. The van der Waals surface area contributed by atoms with Crippen molar-refractivity contribution >= 4 is 35.4 Å². The van der Waals surface area contributed by atoms with Gasteiger partial charge < -0.3 is 19.8 Å². The average Bonchev–Trinajstić information content (AvgIpc) is 2.83. The maximum absolute atomic E-state index is 11.3. The molecular formula is C12H14ClN3O3. The van der Waals surface area contributed by atoms with Gasteiger partial charge in [0.2, 0.25) is 0 Å². The van der Waals surface area contributed by atoms with Crippen LogP contribution in [-0.4, -0.2) is 37.2 Å². The van der Waals surface area contributed by atoms with Crippen molar-refractivity contribution in [1.82, 2.24) is 4.98 Å². The van der Waals surface area contributed by atoms with Crippen molar-refractivity contribution in [3.05, 3.63) is 23.8 Å². The number of amides is 1. The van der Waals surface area contributed by atoms with Crippen LogP contribution in [0, 0.1) is 0 Å². The Kier molecular flexibility index (Phi) is 3.92. The number of hydrogen-bond acceptors (Lipinski definition) is 5. The van der Waals surface area contributed by atoms with Crippen LogP contribution in [0.5, 0.6) is 0 Å². The predicted molar refractivity (Wildman–Crippen MR) is 72.8 cm³/mol. The Labute approximate surface area is 115 Å². The van der Waals surface area contributed by atoms with Crippen LogP contribution in [0.4, 0.5) is 6.01 Å². The summed E-state index contributed by atoms with van der Waals surface area (Å²) in [7, 11) is 0. The van der Waals surface area contributed by atoms with Crippen LogP contribution in [0.15, 0.2) is 22.6 Å². The highest BCUT2D eigenvalue weighted by Crippen LogP contribution is 2.24. The summed E-state index contributed by atoms with van der Waals surface area (Å²) >= 11 is 0. The molecule has 2 N–H and O–H groups in total. The maximum atomic E-state index is 11.3. The lowest BCUT2D eigenvalue weighted by Gasteiger charge is -2.24. The van der Waals surface area contributed by atoms with Crippen LogP contribution in [-0.2, 0) is 4.74 Å². The van der Waals surface area contributed by atoms with Gasteiger partial charge in [-0.15, -0.1) is 12.4 Å². The molecule has 1 fully saturated rings. The second-order valence-corrected chi connectivity index (χ2v) is 4.11. The number of aromatic nitrogens is 1. The molecule has 1 aromatic heterocycles. The van der Waals surface area contributed by atoms with Gasteiger partial charge in [0.25, 0.3) is 11.9 Å². The summed E-state index contributed by atoms with van der Waals surface area (Å²) in [5.74, 6) is -0.498. The van der Waals surface area contributed by atoms with Crippen molar-refractivity contribution < 1.29 is 13.9 Å². The highest BCUT2D eigenvalue weighted by molar-refractivity contribution is 6.03. The van der Waals surface area contributed by atoms with Crippen molar-refractivity contribution in [3.8, 4) is 0 Å². The second kappa shape index (κ2) is 5.46. The van der Waals surface area contributed by atoms with E-state index in [2.05, 4.69) is 4.98 Å². The number of benzene rings is 1. The van der Waals surface area contributed by atoms with Gasteiger partial charge in [-0.1, -0.05) is 6.07 Å². The van der Waals surface area contributed by atoms with E-state index in [-0.39, 0.29) is 12.4 Å². The van der Waals surface area contributed by atoms with Gasteiger partial charge in [-0.05, 0) is 12.1 Å². The average molecular weight is 284 g/mol. The second-order valence-electron chi connectivity index (χ2n) is 4.11. The van der Waals surface area contributed by atoms with E-state index < -0.39 is 5.91 Å². The summed E-state index contributed by atoms with van der Waals surface area (Å²) in [6.45, 7) is 2.78. The maximum Gasteiger partial charge on any atom is 0.298 e. The van der Waals surface area contributed by atoms with E-state index >= 15 is 0 Å². The molecule has 0 spiro atoms. The molecule has 7 heteroatoms. The first kappa shape index (κ1) is 13.6. The largest absolute Gasteiger partial charge is 0.423 e. The van der Waals surface area contributed by atoms with Crippen molar-refractivity contribution in [2.75, 3.05) is 31.2 Å². The number of fused-ring (bicyclic) bond motifs is 1. The molecule has 2 heterocycles. The van der Waals surface area contributed by atoms with Crippen LogP contribution in [0.2, 0.25) is 0 Å². The molecule has 19 heavy (non-hydrogen) atoms. The minimum atomic E-state index is -0.498. The van der Waals surface area contributed by atoms with Crippen molar-refractivity contribution in [3.63, 3.8) is 0 Å². The number of halogens is 1. The van der Waals surface area contributed by atoms with Crippen LogP contribution >= 0.6 is 12.4 Å². The fourth-order valence-corrected chi connectivity index (χ4v) is 2.03. The summed E-state index contributed by atoms with van der Waals surface area (Å²) in [5.41, 5.74) is 6.79. The summed E-state index contributed by atoms with van der Waals surface area (Å²) in [6.07, 6.45) is 0. The Balaban J connectivity index is 0.00000133. The molecule has 1 aromatic carbocycles. The highest BCUT2D eigenvalue weighted by atomic mass is 35.5. The normalized spacial score (nSPS) is 15.3. The molecular weight excluding hydrogens is 270 g/mol. The standard InChI is InChI=1S/C12H13N3O3.ClH/c13-11(16)8-2-1-3-9-10(8)14-12(18-9)15-4-6-17-7-5-15;/h1-3H,4-7H2,(H2,13,16);1H. The Morgan fingerprint density at radius 2 is 2.05 bits per heavy atom. The minimum Gasteiger partial charge on any atom is -0.423 e. The molecule has 102 valence electrons. The number of oxazole rings is 1. The number of rotatable bonds is 2. The number of nitrogens with zero attached hydrogens (tertiary/aromatic N) is 2. The zero-order chi connectivity index (χ0) is 12.5. The van der Waals surface area contributed by atoms with Crippen molar-refractivity contribution in [2.24, 2.45) is 5.73 Å². The number of nitrogens with two attached hydrogens (primary N) is 1. The number of anilines is 1. The molecule has 0 saturated carbocycles. The molecule has 0 unspecified atom stereocenters. The van der Waals surface area contributed by atoms with Crippen LogP contribution in [0.3, 0.4) is 0 Å². The third kappa shape index (κ3) is 2.50. The molecule has 1 amide bonds. The number of carbonyl (C=O) groups excluding carboxylic acids is 1. The molecule has 3 rings (SSSR count). The van der Waals surface area contributed by atoms with E-state index in [1.54, 1.807) is 18.2 Å². The molecule has 6 nitrogen and oxygen atoms in total. The Hall–Kier alpha value is -1.79. The number of carbonyl (C=O) groups is 1. The third-order valence-corrected chi connectivity index (χ3v) is 2.95. The SMILES string of the molecule is Cl.NC(=O)c1cccc2oc(N3CCOCC3)nc12. The van der Waals surface area contributed by atoms with Crippen LogP contribution in [0.1, 0.15) is 10.4 Å². The number of hydrogen-bond donors (Lipinski definition) is 1. The summed E-state index contributed by atoms with van der Waals surface area (Å²) in [6, 6.07) is 5.67. The number of morpholine rings is 1. The topological polar surface area (TPSA) is 81.6 Å². The molecule has 0 radical (unpaired) electrons. The lowest BCUT2D eigenvalue weighted by molar-refractivity contribution is 0.100. The number of ether oxygens (including phenoxy) is 1. The Morgan fingerprint density at radius 3 is 2.74 bits per heavy atom. The lowest BCUT2D eigenvalue weighted by Crippen LogP contribution is -2.36. The first-order chi connectivity index (χ1) is 8.75. The molecule has 0 bridgehead atoms. The van der Waals surface area contributed by atoms with Crippen LogP contribution < -0.4 is 10.6 Å². The molecule has 1 aliphatic heterocycles. The van der Waals surface area contributed by atoms with Gasteiger partial charge in [0.15, 0.2) is 5.58 Å². The van der Waals surface area contributed by atoms with E-state index in [1.807, 2.05) is 4.90 Å². The van der Waals surface area contributed by atoms with E-state index in [0.717, 1.165) is 13.1 Å². The van der Waals surface area contributed by atoms with Gasteiger partial charge >= 0.3 is 0 Å². The summed E-state index contributed by atoms with van der Waals surface area (Å²) in [4.78, 5) is 17.7. The van der Waals surface area contributed by atoms with E-state index in [9.17, 15) is 4.79 Å². The van der Waals surface area contributed by atoms with Crippen LogP contribution in [0.25, 0.3) is 11.1 Å². The van der Waals surface area contributed by atoms with E-state index in [4.69, 9.17) is 14.9 Å². The molecule has 0 aliphatic carbocycles. The monoisotopic (exact) mass is 283 g/mol. The molecule has 1 saturated heterocycles. The van der Waals surface area contributed by atoms with Gasteiger partial charge in [-0.2, -0.15) is 4.98 Å². The van der Waals surface area contributed by atoms with Crippen molar-refractivity contribution in [2.45, 2.75) is 0 Å². The van der Waals surface area contributed by atoms with Gasteiger partial charge in [0.05, 0.1) is 18.8 Å². The van der Waals surface area contributed by atoms with Crippen molar-refractivity contribution in [1.29, 1.82) is 0 Å². The number of primary amides is 1. The third-order valence-electron chi connectivity index (χ3n) is 2.95. The smallest absolute Gasteiger partial charge is 0.298 e. The number of para-hydroxylation sites is 1. The Bertz CT molecular complexity index is 593. The predicted octanol–water partition coefficient (Wildman–Crippen LogP) is 1.19. The van der Waals surface area contributed by atoms with Gasteiger partial charge in [-0.25, -0.2) is 0 Å². The molecule has 0 atom stereocenters. The summed E-state index contributed by atoms with van der Waals surface area (Å²) in [5, 5.41) is 0. The van der Waals surface area contributed by atoms with E-state index in [0.29, 0.717) is 35.9 Å². The van der Waals surface area contributed by atoms with Gasteiger partial charge in [0.1, 0.15) is 5.52 Å². The first-order valence-corrected chi connectivity index (χ1v) is 5.78. The zero-order valence-corrected chi connectivity index (χ0v) is 11.0. The molecule has 1 aliphatic rings. The lowest BCUT2D eigenvalue weighted by atomic mass is 10.2. The minimum absolute atomic E-state index is 0. The van der Waals surface area contributed by atoms with Gasteiger partial charge in [0, 0.05) is 13.1 Å². The fraction of sp³-hybridized carbons (Fsp3) is 0.333. The van der Waals surface area contributed by atoms with E-state index in [1.165, 1.54) is 0 Å². The highest BCUT2D eigenvalue weighted by Gasteiger charge is 2.19. The molecule has 2 aromatic rings. The first-order valence-electron chi connectivity index (χ1n) is 5.78. The quantitative estimate of drug-likeness (QED) is 0.895.